The summed E-state index contributed by atoms with van der Waals surface area (Å²) >= 11 is 6.50. The van der Waals surface area contributed by atoms with Crippen molar-refractivity contribution < 1.29 is 23.7 Å². The molecule has 2 aliphatic heterocycles. The van der Waals surface area contributed by atoms with Crippen molar-refractivity contribution in [3.05, 3.63) is 47.7 Å². The molecule has 3 heterocycles. The summed E-state index contributed by atoms with van der Waals surface area (Å²) in [6.45, 7) is 6.03. The van der Waals surface area contributed by atoms with Gasteiger partial charge < -0.3 is 29.2 Å². The minimum Gasteiger partial charge on any atom is -0.492 e. The first-order valence-electron chi connectivity index (χ1n) is 12.1. The number of halogens is 1. The van der Waals surface area contributed by atoms with Crippen LogP contribution in [0.25, 0.3) is 10.9 Å². The van der Waals surface area contributed by atoms with E-state index in [0.29, 0.717) is 72.1 Å². The molecule has 1 N–H and O–H groups in total. The number of aromatic nitrogens is 2. The number of benzene rings is 2. The van der Waals surface area contributed by atoms with Crippen LogP contribution < -0.4 is 14.8 Å². The quantitative estimate of drug-likeness (QED) is 0.482. The number of rotatable bonds is 8. The highest BCUT2D eigenvalue weighted by molar-refractivity contribution is 6.32. The van der Waals surface area contributed by atoms with Gasteiger partial charge in [0.15, 0.2) is 6.10 Å². The number of anilines is 2. The van der Waals surface area contributed by atoms with Crippen LogP contribution in [0.4, 0.5) is 11.5 Å². The SMILES string of the molecule is CC(Oc1cccc2ncnc(Nc3ccc(OCC4CCOC4)c(Cl)c3)c12)C(=O)N1CCOCC1. The first-order valence-corrected chi connectivity index (χ1v) is 12.5. The number of nitrogens with zero attached hydrogens (tertiary/aromatic N) is 3. The Morgan fingerprint density at radius 1 is 1.17 bits per heavy atom. The van der Waals surface area contributed by atoms with Gasteiger partial charge in [0, 0.05) is 31.3 Å². The molecule has 0 radical (unpaired) electrons. The van der Waals surface area contributed by atoms with Crippen molar-refractivity contribution in [2.45, 2.75) is 19.4 Å². The number of hydrogen-bond acceptors (Lipinski definition) is 8. The highest BCUT2D eigenvalue weighted by Crippen LogP contribution is 2.34. The van der Waals surface area contributed by atoms with E-state index in [2.05, 4.69) is 15.3 Å². The van der Waals surface area contributed by atoms with E-state index in [-0.39, 0.29) is 5.91 Å². The lowest BCUT2D eigenvalue weighted by atomic mass is 10.1. The van der Waals surface area contributed by atoms with Crippen molar-refractivity contribution in [3.63, 3.8) is 0 Å². The van der Waals surface area contributed by atoms with Crippen molar-refractivity contribution in [1.82, 2.24) is 14.9 Å². The van der Waals surface area contributed by atoms with Crippen LogP contribution in [0.15, 0.2) is 42.7 Å². The molecule has 0 saturated carbocycles. The molecule has 9 nitrogen and oxygen atoms in total. The van der Waals surface area contributed by atoms with Gasteiger partial charge in [0.2, 0.25) is 0 Å². The van der Waals surface area contributed by atoms with E-state index >= 15 is 0 Å². The maximum atomic E-state index is 12.9. The second-order valence-electron chi connectivity index (χ2n) is 8.88. The fourth-order valence-electron chi connectivity index (χ4n) is 4.31. The van der Waals surface area contributed by atoms with Crippen LogP contribution in [-0.4, -0.2) is 73.0 Å². The summed E-state index contributed by atoms with van der Waals surface area (Å²) in [5, 5.41) is 4.49. The third-order valence-electron chi connectivity index (χ3n) is 6.29. The molecule has 2 fully saturated rings. The summed E-state index contributed by atoms with van der Waals surface area (Å²) < 4.78 is 22.8. The molecule has 1 aromatic heterocycles. The molecular weight excluding hydrogens is 484 g/mol. The molecule has 0 bridgehead atoms. The van der Waals surface area contributed by atoms with Crippen LogP contribution in [0.2, 0.25) is 5.02 Å². The molecule has 0 spiro atoms. The monoisotopic (exact) mass is 512 g/mol. The first-order chi connectivity index (χ1) is 17.6. The van der Waals surface area contributed by atoms with E-state index in [4.69, 9.17) is 30.5 Å². The van der Waals surface area contributed by atoms with Gasteiger partial charge in [-0.25, -0.2) is 9.97 Å². The van der Waals surface area contributed by atoms with Gasteiger partial charge in [0.25, 0.3) is 5.91 Å². The zero-order valence-corrected chi connectivity index (χ0v) is 20.9. The van der Waals surface area contributed by atoms with Gasteiger partial charge in [-0.3, -0.25) is 4.79 Å². The Labute approximate surface area is 214 Å². The van der Waals surface area contributed by atoms with Crippen molar-refractivity contribution in [2.24, 2.45) is 5.92 Å². The van der Waals surface area contributed by atoms with Gasteiger partial charge in [-0.15, -0.1) is 0 Å². The number of nitrogens with one attached hydrogen (secondary N) is 1. The summed E-state index contributed by atoms with van der Waals surface area (Å²) in [7, 11) is 0. The maximum Gasteiger partial charge on any atom is 0.263 e. The van der Waals surface area contributed by atoms with Crippen LogP contribution in [0.1, 0.15) is 13.3 Å². The largest absolute Gasteiger partial charge is 0.492 e. The highest BCUT2D eigenvalue weighted by Gasteiger charge is 2.25. The molecule has 2 aliphatic rings. The predicted molar refractivity (Wildman–Crippen MR) is 136 cm³/mol. The van der Waals surface area contributed by atoms with Crippen LogP contribution in [0.5, 0.6) is 11.5 Å². The van der Waals surface area contributed by atoms with Gasteiger partial charge in [-0.2, -0.15) is 0 Å². The summed E-state index contributed by atoms with van der Waals surface area (Å²) in [6, 6.07) is 11.1. The Balaban J connectivity index is 1.33. The van der Waals surface area contributed by atoms with Crippen molar-refractivity contribution in [2.75, 3.05) is 51.4 Å². The average Bonchev–Trinajstić information content (AvgIpc) is 3.42. The Hall–Kier alpha value is -3.14. The van der Waals surface area contributed by atoms with Gasteiger partial charge in [0.1, 0.15) is 23.6 Å². The number of ether oxygens (including phenoxy) is 4. The molecule has 10 heteroatoms. The zero-order chi connectivity index (χ0) is 24.9. The van der Waals surface area contributed by atoms with Crippen molar-refractivity contribution in [3.8, 4) is 11.5 Å². The number of fused-ring (bicyclic) bond motifs is 1. The Bertz CT molecular complexity index is 1210. The van der Waals surface area contributed by atoms with E-state index < -0.39 is 6.10 Å². The summed E-state index contributed by atoms with van der Waals surface area (Å²) in [6.07, 6.45) is 1.82. The highest BCUT2D eigenvalue weighted by atomic mass is 35.5. The Kier molecular flexibility index (Phi) is 7.69. The second-order valence-corrected chi connectivity index (χ2v) is 9.29. The number of carbonyl (C=O) groups is 1. The van der Waals surface area contributed by atoms with Gasteiger partial charge >= 0.3 is 0 Å². The Morgan fingerprint density at radius 2 is 2.03 bits per heavy atom. The number of amides is 1. The molecule has 0 aliphatic carbocycles. The molecule has 2 atom stereocenters. The van der Waals surface area contributed by atoms with Crippen LogP contribution in [0, 0.1) is 5.92 Å². The van der Waals surface area contributed by atoms with Crippen molar-refractivity contribution in [1.29, 1.82) is 0 Å². The van der Waals surface area contributed by atoms with Crippen LogP contribution >= 0.6 is 11.6 Å². The normalized spacial score (nSPS) is 18.7. The lowest BCUT2D eigenvalue weighted by Gasteiger charge is -2.29. The molecule has 1 amide bonds. The van der Waals surface area contributed by atoms with Gasteiger partial charge in [-0.1, -0.05) is 17.7 Å². The molecule has 3 aromatic rings. The van der Waals surface area contributed by atoms with Crippen LogP contribution in [0.3, 0.4) is 0 Å². The van der Waals surface area contributed by atoms with E-state index in [0.717, 1.165) is 25.3 Å². The van der Waals surface area contributed by atoms with E-state index in [1.165, 1.54) is 6.33 Å². The smallest absolute Gasteiger partial charge is 0.263 e. The molecule has 190 valence electrons. The lowest BCUT2D eigenvalue weighted by molar-refractivity contribution is -0.142. The zero-order valence-electron chi connectivity index (χ0n) is 20.1. The maximum absolute atomic E-state index is 12.9. The van der Waals surface area contributed by atoms with E-state index in [9.17, 15) is 4.79 Å². The number of carbonyl (C=O) groups excluding carboxylic acids is 1. The first kappa shape index (κ1) is 24.5. The molecular formula is C26H29ClN4O5. The standard InChI is InChI=1S/C26H29ClN4O5/c1-17(26(32)31-8-11-33-12-9-31)36-23-4-2-3-21-24(23)25(29-16-28-21)30-19-5-6-22(20(27)13-19)35-15-18-7-10-34-14-18/h2-6,13,16-18H,7-12,14-15H2,1H3,(H,28,29,30). The number of hydrogen-bond donors (Lipinski definition) is 1. The Morgan fingerprint density at radius 3 is 2.81 bits per heavy atom. The second kappa shape index (κ2) is 11.3. The predicted octanol–water partition coefficient (Wildman–Crippen LogP) is 4.07. The molecule has 5 rings (SSSR count). The minimum atomic E-state index is -0.669. The molecule has 36 heavy (non-hydrogen) atoms. The molecule has 2 unspecified atom stereocenters. The molecule has 2 aromatic carbocycles. The fraction of sp³-hybridized carbons (Fsp3) is 0.423. The number of morpholine rings is 1. The third-order valence-corrected chi connectivity index (χ3v) is 6.59. The topological polar surface area (TPSA) is 95.0 Å². The average molecular weight is 513 g/mol. The fourth-order valence-corrected chi connectivity index (χ4v) is 4.54. The van der Waals surface area contributed by atoms with Crippen LogP contribution in [-0.2, 0) is 14.3 Å². The minimum absolute atomic E-state index is 0.0757. The van der Waals surface area contributed by atoms with E-state index in [1.807, 2.05) is 30.3 Å². The van der Waals surface area contributed by atoms with E-state index in [1.54, 1.807) is 17.9 Å². The summed E-state index contributed by atoms with van der Waals surface area (Å²) in [5.41, 5.74) is 1.43. The van der Waals surface area contributed by atoms with Gasteiger partial charge in [0.05, 0.1) is 42.4 Å². The van der Waals surface area contributed by atoms with Crippen molar-refractivity contribution >= 4 is 39.9 Å². The third kappa shape index (κ3) is 5.64. The van der Waals surface area contributed by atoms with Gasteiger partial charge in [-0.05, 0) is 43.7 Å². The summed E-state index contributed by atoms with van der Waals surface area (Å²) in [4.78, 5) is 23.5. The summed E-state index contributed by atoms with van der Waals surface area (Å²) in [5.74, 6) is 2.01. The molecule has 2 saturated heterocycles. The lowest BCUT2D eigenvalue weighted by Crippen LogP contribution is -2.46.